The first-order valence-corrected chi connectivity index (χ1v) is 9.50. The molecule has 2 aromatic carbocycles. The largest absolute Gasteiger partial charge is 0.508 e. The third-order valence-corrected chi connectivity index (χ3v) is 5.13. The fourth-order valence-electron chi connectivity index (χ4n) is 3.46. The summed E-state index contributed by atoms with van der Waals surface area (Å²) in [5.41, 5.74) is -0.750. The van der Waals surface area contributed by atoms with Crippen LogP contribution in [0.2, 0.25) is 0 Å². The number of hydrogen-bond acceptors (Lipinski definition) is 11. The van der Waals surface area contributed by atoms with E-state index >= 15 is 0 Å². The third-order valence-electron chi connectivity index (χ3n) is 5.13. The quantitative estimate of drug-likeness (QED) is 0.261. The number of aliphatic hydroxyl groups excluding tert-OH is 4. The van der Waals surface area contributed by atoms with Crippen LogP contribution in [0.4, 0.5) is 0 Å². The van der Waals surface area contributed by atoms with Gasteiger partial charge in [0.1, 0.15) is 64.1 Å². The Kier molecular flexibility index (Phi) is 5.67. The van der Waals surface area contributed by atoms with E-state index in [0.717, 1.165) is 12.1 Å². The normalized spacial score (nSPS) is 25.7. The fourth-order valence-corrected chi connectivity index (χ4v) is 3.46. The molecule has 32 heavy (non-hydrogen) atoms. The number of ether oxygens (including phenoxy) is 2. The molecule has 11 heteroatoms. The van der Waals surface area contributed by atoms with Crippen molar-refractivity contribution in [1.82, 2.24) is 0 Å². The zero-order valence-corrected chi connectivity index (χ0v) is 16.3. The fraction of sp³-hybridized carbons (Fsp3) is 0.286. The third kappa shape index (κ3) is 3.83. The van der Waals surface area contributed by atoms with Crippen LogP contribution < -0.4 is 10.2 Å². The van der Waals surface area contributed by atoms with Gasteiger partial charge in [0.25, 0.3) is 0 Å². The van der Waals surface area contributed by atoms with Gasteiger partial charge in [0.15, 0.2) is 5.43 Å². The molecular weight excluding hydrogens is 428 g/mol. The van der Waals surface area contributed by atoms with Crippen molar-refractivity contribution >= 4 is 11.0 Å². The molecule has 3 aromatic rings. The van der Waals surface area contributed by atoms with E-state index in [2.05, 4.69) is 0 Å². The average molecular weight is 448 g/mol. The van der Waals surface area contributed by atoms with E-state index < -0.39 is 48.5 Å². The van der Waals surface area contributed by atoms with E-state index in [-0.39, 0.29) is 39.5 Å². The summed E-state index contributed by atoms with van der Waals surface area (Å²) in [7, 11) is 0. The molecule has 1 saturated heterocycles. The molecule has 4 rings (SSSR count). The topological polar surface area (TPSA) is 190 Å². The van der Waals surface area contributed by atoms with Gasteiger partial charge in [0.05, 0.1) is 12.2 Å². The van der Waals surface area contributed by atoms with Crippen molar-refractivity contribution in [3.05, 3.63) is 46.6 Å². The first-order valence-electron chi connectivity index (χ1n) is 9.50. The predicted molar refractivity (Wildman–Crippen MR) is 107 cm³/mol. The monoisotopic (exact) mass is 448 g/mol. The summed E-state index contributed by atoms with van der Waals surface area (Å²) in [6.07, 6.45) is -7.65. The van der Waals surface area contributed by atoms with Crippen LogP contribution in [-0.4, -0.2) is 73.1 Å². The van der Waals surface area contributed by atoms with E-state index in [1.54, 1.807) is 0 Å². The van der Waals surface area contributed by atoms with Gasteiger partial charge in [-0.2, -0.15) is 0 Å². The van der Waals surface area contributed by atoms with E-state index in [0.29, 0.717) is 0 Å². The molecule has 1 aliphatic heterocycles. The Labute approximate surface area is 179 Å². The lowest BCUT2D eigenvalue weighted by molar-refractivity contribution is -0.277. The van der Waals surface area contributed by atoms with Gasteiger partial charge in [0, 0.05) is 18.2 Å². The van der Waals surface area contributed by atoms with Crippen LogP contribution in [-0.2, 0) is 4.74 Å². The second-order valence-electron chi connectivity index (χ2n) is 7.31. The van der Waals surface area contributed by atoms with Gasteiger partial charge in [-0.1, -0.05) is 0 Å². The molecule has 0 saturated carbocycles. The van der Waals surface area contributed by atoms with E-state index in [1.165, 1.54) is 24.3 Å². The minimum atomic E-state index is -1.69. The maximum Gasteiger partial charge on any atom is 0.229 e. The number of rotatable bonds is 4. The van der Waals surface area contributed by atoms with Crippen molar-refractivity contribution in [2.45, 2.75) is 30.7 Å². The molecule has 0 amide bonds. The smallest absolute Gasteiger partial charge is 0.229 e. The summed E-state index contributed by atoms with van der Waals surface area (Å²) < 4.78 is 16.4. The van der Waals surface area contributed by atoms with Gasteiger partial charge in [-0.25, -0.2) is 0 Å². The summed E-state index contributed by atoms with van der Waals surface area (Å²) in [6, 6.07) is 6.96. The van der Waals surface area contributed by atoms with Crippen molar-refractivity contribution in [3.63, 3.8) is 0 Å². The Morgan fingerprint density at radius 1 is 0.906 bits per heavy atom. The van der Waals surface area contributed by atoms with Crippen LogP contribution in [0, 0.1) is 0 Å². The highest BCUT2D eigenvalue weighted by Gasteiger charge is 2.44. The van der Waals surface area contributed by atoms with Gasteiger partial charge in [-0.05, 0) is 18.2 Å². The van der Waals surface area contributed by atoms with Crippen LogP contribution in [0.25, 0.3) is 22.3 Å². The molecule has 2 heterocycles. The lowest BCUT2D eigenvalue weighted by atomic mass is 9.99. The molecule has 0 radical (unpaired) electrons. The molecule has 5 atom stereocenters. The minimum absolute atomic E-state index is 0.0312. The predicted octanol–water partition coefficient (Wildman–Crippen LogP) is -0.245. The summed E-state index contributed by atoms with van der Waals surface area (Å²) in [5.74, 6) is -1.17. The van der Waals surface area contributed by atoms with E-state index in [9.17, 15) is 40.5 Å². The van der Waals surface area contributed by atoms with Gasteiger partial charge in [0.2, 0.25) is 6.29 Å². The molecule has 1 aliphatic rings. The highest BCUT2D eigenvalue weighted by molar-refractivity contribution is 5.86. The van der Waals surface area contributed by atoms with Crippen molar-refractivity contribution < 1.29 is 49.6 Å². The number of phenolic OH excluding ortho intramolecular Hbond substituents is 3. The summed E-state index contributed by atoms with van der Waals surface area (Å²) >= 11 is 0. The number of aliphatic hydroxyl groups is 4. The summed E-state index contributed by atoms with van der Waals surface area (Å²) in [5, 5.41) is 69.0. The second-order valence-corrected chi connectivity index (χ2v) is 7.31. The Balaban J connectivity index is 1.74. The molecule has 1 aromatic heterocycles. The molecule has 0 aliphatic carbocycles. The molecule has 0 bridgehead atoms. The highest BCUT2D eigenvalue weighted by Crippen LogP contribution is 2.36. The first-order chi connectivity index (χ1) is 15.2. The Hall–Kier alpha value is -3.35. The molecule has 0 spiro atoms. The van der Waals surface area contributed by atoms with Crippen LogP contribution in [0.15, 0.2) is 45.6 Å². The van der Waals surface area contributed by atoms with Crippen molar-refractivity contribution in [2.24, 2.45) is 0 Å². The lowest BCUT2D eigenvalue weighted by Gasteiger charge is -2.39. The molecule has 1 fully saturated rings. The molecule has 11 nitrogen and oxygen atoms in total. The first kappa shape index (κ1) is 21.9. The second kappa shape index (κ2) is 8.30. The molecule has 7 N–H and O–H groups in total. The zero-order chi connectivity index (χ0) is 23.2. The van der Waals surface area contributed by atoms with Crippen LogP contribution in [0.1, 0.15) is 0 Å². The molecule has 170 valence electrons. The maximum absolute atomic E-state index is 12.5. The minimum Gasteiger partial charge on any atom is -0.508 e. The number of aromatic hydroxyl groups is 3. The highest BCUT2D eigenvalue weighted by atomic mass is 16.7. The van der Waals surface area contributed by atoms with Crippen molar-refractivity contribution in [2.75, 3.05) is 6.61 Å². The number of hydrogen-bond donors (Lipinski definition) is 7. The standard InChI is InChI=1S/C21H20O11/c22-7-16-18(27)19(28)20(29)21(32-16)30-9-4-12(25)17-13(26)6-14(31-15(17)5-9)10-3-8(23)1-2-11(10)24/h1-6,16,18-25,27-29H,7H2/t16-,18-,19+,20-,21-/m1/s1. The van der Waals surface area contributed by atoms with E-state index in [4.69, 9.17) is 13.9 Å². The average Bonchev–Trinajstić information content (AvgIpc) is 2.75. The van der Waals surface area contributed by atoms with Gasteiger partial charge in [-0.15, -0.1) is 0 Å². The lowest BCUT2D eigenvalue weighted by Crippen LogP contribution is -2.60. The zero-order valence-electron chi connectivity index (χ0n) is 16.3. The van der Waals surface area contributed by atoms with Crippen LogP contribution in [0.3, 0.4) is 0 Å². The van der Waals surface area contributed by atoms with Crippen LogP contribution in [0.5, 0.6) is 23.0 Å². The number of fused-ring (bicyclic) bond motifs is 1. The Morgan fingerprint density at radius 2 is 1.66 bits per heavy atom. The van der Waals surface area contributed by atoms with Crippen LogP contribution >= 0.6 is 0 Å². The maximum atomic E-state index is 12.5. The van der Waals surface area contributed by atoms with Gasteiger partial charge >= 0.3 is 0 Å². The SMILES string of the molecule is O=c1cc(-c2cc(O)ccc2O)oc2cc(O[C@@H]3O[C@H](CO)[C@@H](O)[C@H](O)[C@H]3O)cc(O)c12. The summed E-state index contributed by atoms with van der Waals surface area (Å²) in [4.78, 5) is 12.5. The summed E-state index contributed by atoms with van der Waals surface area (Å²) in [6.45, 7) is -0.653. The number of benzene rings is 2. The van der Waals surface area contributed by atoms with Crippen molar-refractivity contribution in [3.8, 4) is 34.3 Å². The van der Waals surface area contributed by atoms with E-state index in [1.807, 2.05) is 0 Å². The molecule has 0 unspecified atom stereocenters. The number of phenols is 3. The van der Waals surface area contributed by atoms with Gasteiger partial charge < -0.3 is 49.6 Å². The Morgan fingerprint density at radius 3 is 2.38 bits per heavy atom. The van der Waals surface area contributed by atoms with Crippen molar-refractivity contribution in [1.29, 1.82) is 0 Å². The van der Waals surface area contributed by atoms with Gasteiger partial charge in [-0.3, -0.25) is 4.79 Å². The Bertz CT molecular complexity index is 1200. The molecular formula is C21H20O11.